The molecule has 4 nitrogen and oxygen atoms in total. The number of ether oxygens (including phenoxy) is 1. The average Bonchev–Trinajstić information content (AvgIpc) is 2.97. The summed E-state index contributed by atoms with van der Waals surface area (Å²) in [5, 5.41) is 6.42. The molecule has 1 heterocycles. The second-order valence-corrected chi connectivity index (χ2v) is 7.78. The van der Waals surface area contributed by atoms with Gasteiger partial charge in [0.25, 0.3) is 0 Å². The van der Waals surface area contributed by atoms with E-state index in [0.29, 0.717) is 12.6 Å². The van der Waals surface area contributed by atoms with E-state index < -0.39 is 0 Å². The van der Waals surface area contributed by atoms with Gasteiger partial charge in [-0.15, -0.1) is 11.3 Å². The van der Waals surface area contributed by atoms with Crippen molar-refractivity contribution >= 4 is 29.0 Å². The predicted octanol–water partition coefficient (Wildman–Crippen LogP) is 3.99. The molecule has 3 rings (SSSR count). The van der Waals surface area contributed by atoms with Crippen molar-refractivity contribution in [3.05, 3.63) is 57.2 Å². The first-order chi connectivity index (χ1) is 11.7. The molecule has 1 aliphatic rings. The molecule has 2 aromatic rings. The Balaban J connectivity index is 1.26. The number of alkyl carbamates (subject to hydrolysis) is 1. The van der Waals surface area contributed by atoms with Gasteiger partial charge in [-0.3, -0.25) is 0 Å². The van der Waals surface area contributed by atoms with E-state index in [1.54, 1.807) is 11.3 Å². The molecule has 0 aliphatic heterocycles. The van der Waals surface area contributed by atoms with Crippen LogP contribution in [0.2, 0.25) is 4.34 Å². The molecular weight excluding hydrogens is 344 g/mol. The van der Waals surface area contributed by atoms with E-state index >= 15 is 0 Å². The topological polar surface area (TPSA) is 50.4 Å². The van der Waals surface area contributed by atoms with Gasteiger partial charge in [0, 0.05) is 23.5 Å². The fourth-order valence-electron chi connectivity index (χ4n) is 2.72. The molecule has 1 aliphatic carbocycles. The van der Waals surface area contributed by atoms with Gasteiger partial charge in [-0.25, -0.2) is 4.79 Å². The van der Waals surface area contributed by atoms with E-state index in [9.17, 15) is 4.79 Å². The molecule has 1 amide bonds. The van der Waals surface area contributed by atoms with Gasteiger partial charge in [0.15, 0.2) is 0 Å². The quantitative estimate of drug-likeness (QED) is 0.781. The number of halogens is 1. The fourth-order valence-corrected chi connectivity index (χ4v) is 3.81. The summed E-state index contributed by atoms with van der Waals surface area (Å²) in [6, 6.07) is 14.4. The van der Waals surface area contributed by atoms with E-state index in [2.05, 4.69) is 16.7 Å². The molecule has 1 saturated carbocycles. The van der Waals surface area contributed by atoms with Crippen molar-refractivity contribution in [1.29, 1.82) is 0 Å². The Labute approximate surface area is 151 Å². The van der Waals surface area contributed by atoms with E-state index in [0.717, 1.165) is 35.7 Å². The molecule has 0 unspecified atom stereocenters. The first-order valence-corrected chi connectivity index (χ1v) is 9.33. The van der Waals surface area contributed by atoms with Gasteiger partial charge in [0.2, 0.25) is 0 Å². The molecule has 0 saturated heterocycles. The minimum Gasteiger partial charge on any atom is -0.445 e. The van der Waals surface area contributed by atoms with Crippen LogP contribution in [0.4, 0.5) is 4.79 Å². The van der Waals surface area contributed by atoms with Crippen LogP contribution in [0.1, 0.15) is 23.3 Å². The summed E-state index contributed by atoms with van der Waals surface area (Å²) >= 11 is 7.55. The Bertz CT molecular complexity index is 656. The number of carbonyl (C=O) groups excluding carboxylic acids is 1. The number of carbonyl (C=O) groups is 1. The zero-order valence-electron chi connectivity index (χ0n) is 13.3. The Morgan fingerprint density at radius 3 is 2.67 bits per heavy atom. The molecule has 128 valence electrons. The number of hydrogen-bond donors (Lipinski definition) is 2. The lowest BCUT2D eigenvalue weighted by molar-refractivity contribution is 0.125. The maximum atomic E-state index is 11.8. The average molecular weight is 365 g/mol. The van der Waals surface area contributed by atoms with Crippen LogP contribution in [0, 0.1) is 0 Å². The summed E-state index contributed by atoms with van der Waals surface area (Å²) in [5.74, 6) is 0. The SMILES string of the molecule is O=C(NC1CC(NCCc2ccc(Cl)s2)C1)OCc1ccccc1. The molecule has 1 fully saturated rings. The normalized spacial score (nSPS) is 19.5. The van der Waals surface area contributed by atoms with Crippen molar-refractivity contribution in [2.24, 2.45) is 0 Å². The van der Waals surface area contributed by atoms with Gasteiger partial charge < -0.3 is 15.4 Å². The van der Waals surface area contributed by atoms with Gasteiger partial charge >= 0.3 is 6.09 Å². The highest BCUT2D eigenvalue weighted by atomic mass is 35.5. The Morgan fingerprint density at radius 1 is 1.17 bits per heavy atom. The van der Waals surface area contributed by atoms with E-state index in [-0.39, 0.29) is 12.1 Å². The molecule has 1 aromatic heterocycles. The molecular formula is C18H21ClN2O2S. The molecule has 0 spiro atoms. The highest BCUT2D eigenvalue weighted by Crippen LogP contribution is 2.23. The third kappa shape index (κ3) is 5.23. The monoisotopic (exact) mass is 364 g/mol. The smallest absolute Gasteiger partial charge is 0.407 e. The number of nitrogens with one attached hydrogen (secondary N) is 2. The van der Waals surface area contributed by atoms with Crippen molar-refractivity contribution < 1.29 is 9.53 Å². The lowest BCUT2D eigenvalue weighted by Crippen LogP contribution is -2.52. The van der Waals surface area contributed by atoms with Crippen LogP contribution in [0.5, 0.6) is 0 Å². The van der Waals surface area contributed by atoms with Crippen LogP contribution >= 0.6 is 22.9 Å². The largest absolute Gasteiger partial charge is 0.445 e. The van der Waals surface area contributed by atoms with Crippen LogP contribution < -0.4 is 10.6 Å². The molecule has 0 radical (unpaired) electrons. The summed E-state index contributed by atoms with van der Waals surface area (Å²) in [6.07, 6.45) is 2.55. The first kappa shape index (κ1) is 17.3. The summed E-state index contributed by atoms with van der Waals surface area (Å²) in [4.78, 5) is 13.1. The van der Waals surface area contributed by atoms with Crippen LogP contribution in [0.25, 0.3) is 0 Å². The van der Waals surface area contributed by atoms with Crippen molar-refractivity contribution in [2.75, 3.05) is 6.54 Å². The Morgan fingerprint density at radius 2 is 1.96 bits per heavy atom. The lowest BCUT2D eigenvalue weighted by Gasteiger charge is -2.36. The van der Waals surface area contributed by atoms with Crippen LogP contribution in [-0.4, -0.2) is 24.7 Å². The number of rotatable bonds is 7. The number of hydrogen-bond acceptors (Lipinski definition) is 4. The highest BCUT2D eigenvalue weighted by Gasteiger charge is 2.30. The number of amides is 1. The van der Waals surface area contributed by atoms with Crippen LogP contribution in [0.3, 0.4) is 0 Å². The van der Waals surface area contributed by atoms with E-state index in [1.807, 2.05) is 36.4 Å². The molecule has 0 bridgehead atoms. The Hall–Kier alpha value is -1.56. The van der Waals surface area contributed by atoms with Gasteiger partial charge in [-0.1, -0.05) is 41.9 Å². The minimum absolute atomic E-state index is 0.210. The van der Waals surface area contributed by atoms with Crippen LogP contribution in [-0.2, 0) is 17.8 Å². The zero-order chi connectivity index (χ0) is 16.8. The van der Waals surface area contributed by atoms with Crippen molar-refractivity contribution in [3.8, 4) is 0 Å². The maximum absolute atomic E-state index is 11.8. The highest BCUT2D eigenvalue weighted by molar-refractivity contribution is 7.16. The first-order valence-electron chi connectivity index (χ1n) is 8.14. The fraction of sp³-hybridized carbons (Fsp3) is 0.389. The van der Waals surface area contributed by atoms with E-state index in [4.69, 9.17) is 16.3 Å². The standard InChI is InChI=1S/C18H21ClN2O2S/c19-17-7-6-16(24-17)8-9-20-14-10-15(11-14)21-18(22)23-12-13-4-2-1-3-5-13/h1-7,14-15,20H,8-12H2,(H,21,22). The molecule has 1 aromatic carbocycles. The van der Waals surface area contributed by atoms with Crippen LogP contribution in [0.15, 0.2) is 42.5 Å². The predicted molar refractivity (Wildman–Crippen MR) is 97.6 cm³/mol. The summed E-state index contributed by atoms with van der Waals surface area (Å²) in [5.41, 5.74) is 0.995. The molecule has 0 atom stereocenters. The maximum Gasteiger partial charge on any atom is 0.407 e. The third-order valence-corrected chi connectivity index (χ3v) is 5.40. The van der Waals surface area contributed by atoms with E-state index in [1.165, 1.54) is 4.88 Å². The summed E-state index contributed by atoms with van der Waals surface area (Å²) < 4.78 is 6.07. The molecule has 2 N–H and O–H groups in total. The zero-order valence-corrected chi connectivity index (χ0v) is 14.9. The Kier molecular flexibility index (Phi) is 6.12. The van der Waals surface area contributed by atoms with Gasteiger partial charge in [0.05, 0.1) is 4.34 Å². The molecule has 24 heavy (non-hydrogen) atoms. The van der Waals surface area contributed by atoms with Crippen molar-refractivity contribution in [2.45, 2.75) is 38.0 Å². The summed E-state index contributed by atoms with van der Waals surface area (Å²) in [7, 11) is 0. The van der Waals surface area contributed by atoms with Gasteiger partial charge in [0.1, 0.15) is 6.61 Å². The van der Waals surface area contributed by atoms with Crippen molar-refractivity contribution in [1.82, 2.24) is 10.6 Å². The van der Waals surface area contributed by atoms with Gasteiger partial charge in [-0.2, -0.15) is 0 Å². The number of thiophene rings is 1. The van der Waals surface area contributed by atoms with Gasteiger partial charge in [-0.05, 0) is 37.0 Å². The molecule has 6 heteroatoms. The lowest BCUT2D eigenvalue weighted by atomic mass is 9.87. The van der Waals surface area contributed by atoms with Crippen molar-refractivity contribution in [3.63, 3.8) is 0 Å². The summed E-state index contributed by atoms with van der Waals surface area (Å²) in [6.45, 7) is 1.25. The number of benzene rings is 1. The second kappa shape index (κ2) is 8.51. The minimum atomic E-state index is -0.337. The third-order valence-electron chi connectivity index (χ3n) is 4.11. The second-order valence-electron chi connectivity index (χ2n) is 5.98.